The lowest BCUT2D eigenvalue weighted by molar-refractivity contribution is -0.119. The summed E-state index contributed by atoms with van der Waals surface area (Å²) in [5.41, 5.74) is 2.45. The Labute approximate surface area is 124 Å². The molecule has 0 saturated carbocycles. The molecule has 0 bridgehead atoms. The number of anilines is 1. The van der Waals surface area contributed by atoms with Crippen LogP contribution >= 0.6 is 0 Å². The number of carbonyl (C=O) groups is 2. The molecular formula is C17H18N2O2. The Bertz CT molecular complexity index is 624. The SMILES string of the molecule is CC(=O)c1cccc(NCC(=O)NCc2ccccc2)c1. The first-order chi connectivity index (χ1) is 10.1. The molecule has 0 fully saturated rings. The standard InChI is InChI=1S/C17H18N2O2/c1-13(20)15-8-5-9-16(10-15)18-12-17(21)19-11-14-6-3-2-4-7-14/h2-10,18H,11-12H2,1H3,(H,19,21). The minimum Gasteiger partial charge on any atom is -0.376 e. The van der Waals surface area contributed by atoms with Crippen molar-refractivity contribution >= 4 is 17.4 Å². The highest BCUT2D eigenvalue weighted by Gasteiger charge is 2.03. The number of ketones is 1. The number of nitrogens with one attached hydrogen (secondary N) is 2. The summed E-state index contributed by atoms with van der Waals surface area (Å²) in [6.45, 7) is 2.20. The fourth-order valence-electron chi connectivity index (χ4n) is 1.89. The van der Waals surface area contributed by atoms with Crippen LogP contribution in [0.25, 0.3) is 0 Å². The van der Waals surface area contributed by atoms with Crippen LogP contribution in [-0.4, -0.2) is 18.2 Å². The normalized spacial score (nSPS) is 9.95. The number of hydrogen-bond donors (Lipinski definition) is 2. The molecule has 108 valence electrons. The summed E-state index contributed by atoms with van der Waals surface area (Å²) >= 11 is 0. The third kappa shape index (κ3) is 4.76. The van der Waals surface area contributed by atoms with Crippen molar-refractivity contribution < 1.29 is 9.59 Å². The molecule has 0 saturated heterocycles. The Morgan fingerprint density at radius 3 is 2.48 bits per heavy atom. The topological polar surface area (TPSA) is 58.2 Å². The molecule has 4 heteroatoms. The van der Waals surface area contributed by atoms with Gasteiger partial charge in [0.15, 0.2) is 5.78 Å². The average Bonchev–Trinajstić information content (AvgIpc) is 2.52. The number of benzene rings is 2. The van der Waals surface area contributed by atoms with E-state index in [1.807, 2.05) is 36.4 Å². The van der Waals surface area contributed by atoms with E-state index in [2.05, 4.69) is 10.6 Å². The van der Waals surface area contributed by atoms with Gasteiger partial charge in [-0.2, -0.15) is 0 Å². The molecule has 0 aliphatic rings. The van der Waals surface area contributed by atoms with Crippen LogP contribution in [-0.2, 0) is 11.3 Å². The molecule has 0 unspecified atom stereocenters. The van der Waals surface area contributed by atoms with Crippen molar-refractivity contribution in [2.24, 2.45) is 0 Å². The molecule has 0 spiro atoms. The van der Waals surface area contributed by atoms with Crippen molar-refractivity contribution in [2.75, 3.05) is 11.9 Å². The monoisotopic (exact) mass is 282 g/mol. The molecule has 0 atom stereocenters. The first-order valence-corrected chi connectivity index (χ1v) is 6.80. The summed E-state index contributed by atoms with van der Waals surface area (Å²) in [6.07, 6.45) is 0. The molecular weight excluding hydrogens is 264 g/mol. The fraction of sp³-hybridized carbons (Fsp3) is 0.176. The minimum atomic E-state index is -0.0907. The molecule has 2 aromatic rings. The van der Waals surface area contributed by atoms with Gasteiger partial charge < -0.3 is 10.6 Å². The second-order valence-corrected chi connectivity index (χ2v) is 4.75. The van der Waals surface area contributed by atoms with Crippen LogP contribution < -0.4 is 10.6 Å². The highest BCUT2D eigenvalue weighted by Crippen LogP contribution is 2.10. The van der Waals surface area contributed by atoms with E-state index in [1.165, 1.54) is 6.92 Å². The molecule has 0 aromatic heterocycles. The van der Waals surface area contributed by atoms with Gasteiger partial charge in [0.05, 0.1) is 6.54 Å². The van der Waals surface area contributed by atoms with Crippen molar-refractivity contribution in [1.82, 2.24) is 5.32 Å². The van der Waals surface area contributed by atoms with E-state index < -0.39 is 0 Å². The molecule has 2 N–H and O–H groups in total. The molecule has 0 aliphatic carbocycles. The van der Waals surface area contributed by atoms with Crippen LogP contribution in [0, 0.1) is 0 Å². The van der Waals surface area contributed by atoms with Crippen LogP contribution in [0.1, 0.15) is 22.8 Å². The van der Waals surface area contributed by atoms with E-state index in [9.17, 15) is 9.59 Å². The van der Waals surface area contributed by atoms with Gasteiger partial charge in [-0.3, -0.25) is 9.59 Å². The van der Waals surface area contributed by atoms with Crippen LogP contribution in [0.4, 0.5) is 5.69 Å². The lowest BCUT2D eigenvalue weighted by atomic mass is 10.1. The quantitative estimate of drug-likeness (QED) is 0.801. The third-order valence-corrected chi connectivity index (χ3v) is 3.05. The maximum absolute atomic E-state index is 11.8. The fourth-order valence-corrected chi connectivity index (χ4v) is 1.89. The van der Waals surface area contributed by atoms with E-state index in [0.29, 0.717) is 12.1 Å². The van der Waals surface area contributed by atoms with Gasteiger partial charge >= 0.3 is 0 Å². The number of Topliss-reactive ketones (excluding diaryl/α,β-unsaturated/α-hetero) is 1. The largest absolute Gasteiger partial charge is 0.376 e. The summed E-state index contributed by atoms with van der Waals surface area (Å²) in [4.78, 5) is 23.1. The number of hydrogen-bond acceptors (Lipinski definition) is 3. The molecule has 21 heavy (non-hydrogen) atoms. The predicted octanol–water partition coefficient (Wildman–Crippen LogP) is 2.62. The second kappa shape index (κ2) is 7.24. The zero-order valence-corrected chi connectivity index (χ0v) is 11.9. The Morgan fingerprint density at radius 1 is 1.00 bits per heavy atom. The summed E-state index contributed by atoms with van der Waals surface area (Å²) < 4.78 is 0. The van der Waals surface area contributed by atoms with Gasteiger partial charge in [-0.05, 0) is 24.6 Å². The maximum atomic E-state index is 11.8. The van der Waals surface area contributed by atoms with Crippen LogP contribution in [0.5, 0.6) is 0 Å². The maximum Gasteiger partial charge on any atom is 0.239 e. The van der Waals surface area contributed by atoms with Gasteiger partial charge in [0.2, 0.25) is 5.91 Å². The van der Waals surface area contributed by atoms with E-state index in [1.54, 1.807) is 18.2 Å². The van der Waals surface area contributed by atoms with Gasteiger partial charge in [-0.15, -0.1) is 0 Å². The molecule has 1 amide bonds. The molecule has 4 nitrogen and oxygen atoms in total. The molecule has 2 rings (SSSR count). The van der Waals surface area contributed by atoms with Crippen molar-refractivity contribution in [3.05, 3.63) is 65.7 Å². The van der Waals surface area contributed by atoms with Gasteiger partial charge in [-0.1, -0.05) is 42.5 Å². The lowest BCUT2D eigenvalue weighted by Gasteiger charge is -2.08. The van der Waals surface area contributed by atoms with Gasteiger partial charge in [-0.25, -0.2) is 0 Å². The first-order valence-electron chi connectivity index (χ1n) is 6.80. The van der Waals surface area contributed by atoms with Gasteiger partial charge in [0.1, 0.15) is 0 Å². The van der Waals surface area contributed by atoms with E-state index >= 15 is 0 Å². The van der Waals surface area contributed by atoms with Crippen molar-refractivity contribution in [3.63, 3.8) is 0 Å². The molecule has 2 aromatic carbocycles. The zero-order valence-electron chi connectivity index (χ0n) is 11.9. The molecule has 0 aliphatic heterocycles. The van der Waals surface area contributed by atoms with E-state index in [4.69, 9.17) is 0 Å². The van der Waals surface area contributed by atoms with Crippen LogP contribution in [0.2, 0.25) is 0 Å². The van der Waals surface area contributed by atoms with Crippen LogP contribution in [0.15, 0.2) is 54.6 Å². The summed E-state index contributed by atoms with van der Waals surface area (Å²) in [5, 5.41) is 5.85. The van der Waals surface area contributed by atoms with E-state index in [0.717, 1.165) is 11.3 Å². The minimum absolute atomic E-state index is 0.00665. The average molecular weight is 282 g/mol. The molecule has 0 heterocycles. The van der Waals surface area contributed by atoms with Crippen molar-refractivity contribution in [3.8, 4) is 0 Å². The second-order valence-electron chi connectivity index (χ2n) is 4.75. The Balaban J connectivity index is 1.81. The summed E-state index contributed by atoms with van der Waals surface area (Å²) in [7, 11) is 0. The third-order valence-electron chi connectivity index (χ3n) is 3.05. The van der Waals surface area contributed by atoms with Crippen molar-refractivity contribution in [1.29, 1.82) is 0 Å². The number of rotatable bonds is 6. The summed E-state index contributed by atoms with van der Waals surface area (Å²) in [6, 6.07) is 16.9. The lowest BCUT2D eigenvalue weighted by Crippen LogP contribution is -2.29. The number of amides is 1. The highest BCUT2D eigenvalue weighted by molar-refractivity contribution is 5.95. The van der Waals surface area contributed by atoms with Gasteiger partial charge in [0, 0.05) is 17.8 Å². The Morgan fingerprint density at radius 2 is 1.76 bits per heavy atom. The predicted molar refractivity (Wildman–Crippen MR) is 83.2 cm³/mol. The Hall–Kier alpha value is -2.62. The Kier molecular flexibility index (Phi) is 5.10. The van der Waals surface area contributed by atoms with E-state index in [-0.39, 0.29) is 18.2 Å². The first kappa shape index (κ1) is 14.8. The number of carbonyl (C=O) groups excluding carboxylic acids is 2. The van der Waals surface area contributed by atoms with Crippen LogP contribution in [0.3, 0.4) is 0 Å². The zero-order chi connectivity index (χ0) is 15.1. The van der Waals surface area contributed by atoms with Gasteiger partial charge in [0.25, 0.3) is 0 Å². The van der Waals surface area contributed by atoms with Crippen molar-refractivity contribution in [2.45, 2.75) is 13.5 Å². The molecule has 0 radical (unpaired) electrons. The summed E-state index contributed by atoms with van der Waals surface area (Å²) in [5.74, 6) is -0.0840. The highest BCUT2D eigenvalue weighted by atomic mass is 16.2. The smallest absolute Gasteiger partial charge is 0.239 e.